The smallest absolute Gasteiger partial charge is 0.206 e. The van der Waals surface area contributed by atoms with E-state index in [2.05, 4.69) is 0 Å². The molecule has 18 heteroatoms. The Hall–Kier alpha value is -0.973. The second-order valence-corrected chi connectivity index (χ2v) is 5.15. The van der Waals surface area contributed by atoms with Crippen molar-refractivity contribution in [1.29, 1.82) is 0 Å². The summed E-state index contributed by atoms with van der Waals surface area (Å²) in [5, 5.41) is 0. The lowest BCUT2D eigenvalue weighted by molar-refractivity contribution is -0.458. The van der Waals surface area contributed by atoms with Crippen LogP contribution in [0.1, 0.15) is 0 Å². The molecule has 0 rings (SSSR count). The Bertz CT molecular complexity index is 474. The van der Waals surface area contributed by atoms with Gasteiger partial charge in [-0.15, -0.1) is 0 Å². The molecule has 26 heavy (non-hydrogen) atoms. The first-order valence-electron chi connectivity index (χ1n) is 5.21. The highest BCUT2D eigenvalue weighted by Crippen LogP contribution is 2.63. The van der Waals surface area contributed by atoms with E-state index in [1.54, 1.807) is 0 Å². The van der Waals surface area contributed by atoms with Gasteiger partial charge in [-0.1, -0.05) is 0 Å². The van der Waals surface area contributed by atoms with E-state index in [1.165, 1.54) is 0 Å². The van der Waals surface area contributed by atoms with Gasteiger partial charge in [0.2, 0.25) is 0 Å². The van der Waals surface area contributed by atoms with Gasteiger partial charge in [0.15, 0.2) is 0 Å². The maximum absolute atomic E-state index is 12.9. The maximum Gasteiger partial charge on any atom is 0.460 e. The zero-order valence-electron chi connectivity index (χ0n) is 10.9. The Morgan fingerprint density at radius 1 is 0.308 bits per heavy atom. The van der Waals surface area contributed by atoms with Crippen LogP contribution in [0.25, 0.3) is 0 Å². The van der Waals surface area contributed by atoms with Gasteiger partial charge in [0.1, 0.15) is 10.2 Å². The van der Waals surface area contributed by atoms with Crippen LogP contribution in [-0.2, 0) is 0 Å². The van der Waals surface area contributed by atoms with Crippen molar-refractivity contribution in [1.82, 2.24) is 0 Å². The molecule has 0 aliphatic heterocycles. The van der Waals surface area contributed by atoms with Gasteiger partial charge in [0, 0.05) is 0 Å². The Labute approximate surface area is 133 Å². The van der Waals surface area contributed by atoms with Crippen LogP contribution in [0.5, 0.6) is 0 Å². The molecule has 0 aromatic carbocycles. The lowest BCUT2D eigenvalue weighted by atomic mass is 9.91. The monoisotopic (exact) mass is 447 g/mol. The minimum atomic E-state index is -8.58. The second-order valence-electron chi connectivity index (χ2n) is 4.52. The third-order valence-electron chi connectivity index (χ3n) is 2.72. The molecule has 0 atom stereocenters. The van der Waals surface area contributed by atoms with E-state index in [0.29, 0.717) is 10.2 Å². The highest BCUT2D eigenvalue weighted by molar-refractivity contribution is 6.14. The summed E-state index contributed by atoms with van der Waals surface area (Å²) < 4.78 is 212. The Morgan fingerprint density at radius 3 is 0.692 bits per heavy atom. The van der Waals surface area contributed by atoms with Crippen molar-refractivity contribution in [3.8, 4) is 0 Å². The lowest BCUT2D eigenvalue weighted by Gasteiger charge is -2.42. The van der Waals surface area contributed by atoms with Gasteiger partial charge in [-0.3, -0.25) is 0 Å². The predicted octanol–water partition coefficient (Wildman–Crippen LogP) is 5.12. The summed E-state index contributed by atoms with van der Waals surface area (Å²) in [6.07, 6.45) is -7.74. The van der Waals surface area contributed by atoms with Crippen molar-refractivity contribution in [2.24, 2.45) is 0 Å². The van der Waals surface area contributed by atoms with Crippen LogP contribution in [0, 0.1) is 0 Å². The second kappa shape index (κ2) is 5.76. The molecule has 0 aromatic rings. The topological polar surface area (TPSA) is 0 Å². The molecule has 0 aliphatic rings. The van der Waals surface area contributed by atoms with E-state index >= 15 is 0 Å². The van der Waals surface area contributed by atoms with Crippen molar-refractivity contribution in [2.45, 2.75) is 47.3 Å². The maximum atomic E-state index is 12.9. The van der Waals surface area contributed by atoms with E-state index in [1.807, 2.05) is 0 Å². The molecule has 0 saturated carbocycles. The molecule has 3 radical (unpaired) electrons. The molecular formula is C8F17Si. The fourth-order valence-electron chi connectivity index (χ4n) is 1.16. The highest BCUT2D eigenvalue weighted by atomic mass is 28.1. The quantitative estimate of drug-likeness (QED) is 0.392. The van der Waals surface area contributed by atoms with E-state index < -0.39 is 47.3 Å². The third kappa shape index (κ3) is 2.90. The fraction of sp³-hybridized carbons (Fsp3) is 1.00. The zero-order valence-corrected chi connectivity index (χ0v) is 11.9. The SMILES string of the molecule is FC(F)(F)C(F)(F)C(F)(F)C(F)(F)C(F)(F)C(F)(F)C(F)(F)C(F)(F)[Si]. The molecule has 0 fully saturated rings. The number of rotatable bonds is 6. The van der Waals surface area contributed by atoms with Crippen LogP contribution in [-0.4, -0.2) is 57.5 Å². The summed E-state index contributed by atoms with van der Waals surface area (Å²) >= 11 is 0. The molecule has 155 valence electrons. The standard InChI is InChI=1S/C8F17Si/c9-1(10,3(13,14)5(17,18)7(21,22)23)2(11,12)4(15,16)6(19,20)8(24,25)26. The minimum Gasteiger partial charge on any atom is -0.206 e. The van der Waals surface area contributed by atoms with Crippen LogP contribution in [0.3, 0.4) is 0 Å². The van der Waals surface area contributed by atoms with Crippen molar-refractivity contribution in [3.63, 3.8) is 0 Å². The molecule has 0 unspecified atom stereocenters. The van der Waals surface area contributed by atoms with Crippen molar-refractivity contribution < 1.29 is 74.6 Å². The van der Waals surface area contributed by atoms with Crippen molar-refractivity contribution in [2.75, 3.05) is 0 Å². The minimum absolute atomic E-state index is 0.419. The van der Waals surface area contributed by atoms with Gasteiger partial charge < -0.3 is 0 Å². The van der Waals surface area contributed by atoms with Gasteiger partial charge >= 0.3 is 41.7 Å². The largest absolute Gasteiger partial charge is 0.460 e. The van der Waals surface area contributed by atoms with Crippen LogP contribution < -0.4 is 0 Å². The van der Waals surface area contributed by atoms with Gasteiger partial charge in [-0.05, 0) is 0 Å². The number of alkyl halides is 17. The molecule has 0 aliphatic carbocycles. The average molecular weight is 447 g/mol. The van der Waals surface area contributed by atoms with Crippen LogP contribution >= 0.6 is 0 Å². The normalized spacial score (nSPS) is 16.8. The highest BCUT2D eigenvalue weighted by Gasteiger charge is 2.94. The van der Waals surface area contributed by atoms with Gasteiger partial charge in [0.05, 0.1) is 0 Å². The summed E-state index contributed by atoms with van der Waals surface area (Å²) in [4.78, 5) is 0. The van der Waals surface area contributed by atoms with Crippen LogP contribution in [0.4, 0.5) is 74.6 Å². The first-order chi connectivity index (χ1) is 10.8. The Balaban J connectivity index is 6.61. The van der Waals surface area contributed by atoms with Crippen LogP contribution in [0.2, 0.25) is 0 Å². The summed E-state index contributed by atoms with van der Waals surface area (Å²) in [6.45, 7) is 0. The van der Waals surface area contributed by atoms with Gasteiger partial charge in [0.25, 0.3) is 5.55 Å². The van der Waals surface area contributed by atoms with E-state index in [0.717, 1.165) is 0 Å². The summed E-state index contributed by atoms with van der Waals surface area (Å²) in [6, 6.07) is 0. The molecule has 0 N–H and O–H groups in total. The predicted molar refractivity (Wildman–Crippen MR) is 46.4 cm³/mol. The summed E-state index contributed by atoms with van der Waals surface area (Å²) in [7, 11) is 0.419. The molecule has 0 bridgehead atoms. The van der Waals surface area contributed by atoms with Crippen molar-refractivity contribution in [3.05, 3.63) is 0 Å². The first-order valence-corrected chi connectivity index (χ1v) is 5.71. The zero-order chi connectivity index (χ0) is 22.0. The lowest BCUT2D eigenvalue weighted by Crippen LogP contribution is -2.74. The molecule has 0 saturated heterocycles. The van der Waals surface area contributed by atoms with E-state index in [-0.39, 0.29) is 0 Å². The molecule has 0 amide bonds. The summed E-state index contributed by atoms with van der Waals surface area (Å²) in [5.41, 5.74) is -6.50. The number of hydrogen-bond donors (Lipinski definition) is 0. The van der Waals surface area contributed by atoms with Gasteiger partial charge in [-0.25, -0.2) is 8.78 Å². The van der Waals surface area contributed by atoms with E-state index in [9.17, 15) is 74.6 Å². The van der Waals surface area contributed by atoms with Gasteiger partial charge in [-0.2, -0.15) is 65.9 Å². The Morgan fingerprint density at radius 2 is 0.500 bits per heavy atom. The van der Waals surface area contributed by atoms with Crippen LogP contribution in [0.15, 0.2) is 0 Å². The number of hydrogen-bond acceptors (Lipinski definition) is 0. The third-order valence-corrected chi connectivity index (χ3v) is 3.04. The van der Waals surface area contributed by atoms with Crippen molar-refractivity contribution >= 4 is 10.2 Å². The fourth-order valence-corrected chi connectivity index (χ4v) is 1.32. The molecular weight excluding hydrogens is 447 g/mol. The average Bonchev–Trinajstić information content (AvgIpc) is 2.34. The first kappa shape index (κ1) is 25.0. The molecule has 0 heterocycles. The summed E-state index contributed by atoms with van der Waals surface area (Å²) in [5.74, 6) is -49.6. The molecule has 0 nitrogen and oxygen atoms in total. The molecule has 0 spiro atoms. The molecule has 0 aromatic heterocycles. The Kier molecular flexibility index (Phi) is 5.55. The van der Waals surface area contributed by atoms with E-state index in [4.69, 9.17) is 0 Å². The number of halogens is 17.